The Hall–Kier alpha value is -2.36. The van der Waals surface area contributed by atoms with Gasteiger partial charge in [0.15, 0.2) is 0 Å². The number of nitrogens with zero attached hydrogens (tertiary/aromatic N) is 1. The van der Waals surface area contributed by atoms with Crippen LogP contribution < -0.4 is 5.32 Å². The van der Waals surface area contributed by atoms with E-state index in [1.165, 1.54) is 10.3 Å². The molecule has 0 aromatic heterocycles. The van der Waals surface area contributed by atoms with Crippen molar-refractivity contribution >= 4 is 28.3 Å². The van der Waals surface area contributed by atoms with Gasteiger partial charge in [0.25, 0.3) is 5.91 Å². The summed E-state index contributed by atoms with van der Waals surface area (Å²) in [5, 5.41) is 5.53. The molecule has 1 saturated heterocycles. The van der Waals surface area contributed by atoms with Crippen LogP contribution in [-0.2, 0) is 9.59 Å². The third-order valence-corrected chi connectivity index (χ3v) is 3.74. The Labute approximate surface area is 117 Å². The third-order valence-electron chi connectivity index (χ3n) is 3.74. The molecule has 0 radical (unpaired) electrons. The molecule has 20 heavy (non-hydrogen) atoms. The Kier molecular flexibility index (Phi) is 3.14. The number of imide groups is 1. The number of carbonyl (C=O) groups is 2. The zero-order valence-electron chi connectivity index (χ0n) is 11.3. The average Bonchev–Trinajstić information content (AvgIpc) is 2.48. The average molecular weight is 268 g/mol. The van der Waals surface area contributed by atoms with E-state index in [1.54, 1.807) is 7.05 Å². The van der Waals surface area contributed by atoms with Crippen LogP contribution in [0.1, 0.15) is 12.8 Å². The van der Waals surface area contributed by atoms with Crippen LogP contribution >= 0.6 is 0 Å². The fraction of sp³-hybridized carbons (Fsp3) is 0.250. The van der Waals surface area contributed by atoms with Gasteiger partial charge in [-0.2, -0.15) is 0 Å². The number of likely N-dealkylation sites (tertiary alicyclic amines) is 1. The van der Waals surface area contributed by atoms with Crippen molar-refractivity contribution in [1.82, 2.24) is 4.90 Å². The number of hydrogen-bond acceptors (Lipinski definition) is 3. The van der Waals surface area contributed by atoms with Gasteiger partial charge in [0.2, 0.25) is 5.91 Å². The topological polar surface area (TPSA) is 49.4 Å². The second-order valence-corrected chi connectivity index (χ2v) is 5.09. The van der Waals surface area contributed by atoms with E-state index in [-0.39, 0.29) is 17.9 Å². The fourth-order valence-corrected chi connectivity index (χ4v) is 2.53. The standard InChI is InChI=1S/C16H16N2O2/c1-18-15(19)9-8-14(16(18)20)17-13-7-6-11-4-2-3-5-12(11)10-13/h2-7,10,14,17H,8-9H2,1H3. The molecule has 0 aliphatic carbocycles. The van der Waals surface area contributed by atoms with Crippen LogP contribution in [0.5, 0.6) is 0 Å². The molecule has 1 unspecified atom stereocenters. The first-order valence-corrected chi connectivity index (χ1v) is 6.71. The molecule has 102 valence electrons. The van der Waals surface area contributed by atoms with Crippen LogP contribution in [0.2, 0.25) is 0 Å². The highest BCUT2D eigenvalue weighted by Gasteiger charge is 2.31. The van der Waals surface area contributed by atoms with E-state index in [0.717, 1.165) is 11.1 Å². The highest BCUT2D eigenvalue weighted by atomic mass is 16.2. The molecule has 1 aliphatic rings. The molecular weight excluding hydrogens is 252 g/mol. The minimum Gasteiger partial charge on any atom is -0.374 e. The molecule has 0 saturated carbocycles. The summed E-state index contributed by atoms with van der Waals surface area (Å²) in [5.41, 5.74) is 0.907. The van der Waals surface area contributed by atoms with Crippen molar-refractivity contribution in [3.8, 4) is 0 Å². The van der Waals surface area contributed by atoms with Crippen LogP contribution in [0.3, 0.4) is 0 Å². The van der Waals surface area contributed by atoms with Gasteiger partial charge in [-0.1, -0.05) is 30.3 Å². The summed E-state index contributed by atoms with van der Waals surface area (Å²) in [6.45, 7) is 0. The lowest BCUT2D eigenvalue weighted by Gasteiger charge is -2.28. The third kappa shape index (κ3) is 2.25. The van der Waals surface area contributed by atoms with Gasteiger partial charge < -0.3 is 5.32 Å². The summed E-state index contributed by atoms with van der Waals surface area (Å²) in [5.74, 6) is -0.263. The first-order chi connectivity index (χ1) is 9.65. The number of hydrogen-bond donors (Lipinski definition) is 1. The molecule has 1 atom stereocenters. The van der Waals surface area contributed by atoms with E-state index >= 15 is 0 Å². The van der Waals surface area contributed by atoms with Crippen molar-refractivity contribution < 1.29 is 9.59 Å². The number of carbonyl (C=O) groups excluding carboxylic acids is 2. The first-order valence-electron chi connectivity index (χ1n) is 6.71. The fourth-order valence-electron chi connectivity index (χ4n) is 2.53. The van der Waals surface area contributed by atoms with Gasteiger partial charge in [0.1, 0.15) is 6.04 Å². The van der Waals surface area contributed by atoms with Gasteiger partial charge in [-0.05, 0) is 29.3 Å². The lowest BCUT2D eigenvalue weighted by Crippen LogP contribution is -2.48. The SMILES string of the molecule is CN1C(=O)CCC(Nc2ccc3ccccc3c2)C1=O. The maximum atomic E-state index is 12.0. The maximum absolute atomic E-state index is 12.0. The van der Waals surface area contributed by atoms with Crippen LogP contribution in [0.25, 0.3) is 10.8 Å². The summed E-state index contributed by atoms with van der Waals surface area (Å²) in [6.07, 6.45) is 0.961. The number of fused-ring (bicyclic) bond motifs is 1. The van der Waals surface area contributed by atoms with Gasteiger partial charge in [-0.25, -0.2) is 0 Å². The molecule has 1 aliphatic heterocycles. The smallest absolute Gasteiger partial charge is 0.251 e. The molecule has 1 fully saturated rings. The van der Waals surface area contributed by atoms with E-state index in [2.05, 4.69) is 11.4 Å². The predicted octanol–water partition coefficient (Wildman–Crippen LogP) is 2.40. The molecule has 1 heterocycles. The lowest BCUT2D eigenvalue weighted by molar-refractivity contribution is -0.146. The van der Waals surface area contributed by atoms with Gasteiger partial charge in [0, 0.05) is 19.2 Å². The van der Waals surface area contributed by atoms with E-state index < -0.39 is 0 Å². The van der Waals surface area contributed by atoms with Gasteiger partial charge in [-0.15, -0.1) is 0 Å². The van der Waals surface area contributed by atoms with Gasteiger partial charge in [0.05, 0.1) is 0 Å². The largest absolute Gasteiger partial charge is 0.374 e. The lowest BCUT2D eigenvalue weighted by atomic mass is 10.0. The van der Waals surface area contributed by atoms with Crippen LogP contribution in [0.15, 0.2) is 42.5 Å². The van der Waals surface area contributed by atoms with Gasteiger partial charge in [-0.3, -0.25) is 14.5 Å². The Morgan fingerprint density at radius 2 is 1.85 bits per heavy atom. The van der Waals surface area contributed by atoms with Crippen molar-refractivity contribution in [2.45, 2.75) is 18.9 Å². The van der Waals surface area contributed by atoms with Crippen LogP contribution in [0, 0.1) is 0 Å². The number of amides is 2. The second-order valence-electron chi connectivity index (χ2n) is 5.09. The molecule has 0 spiro atoms. The summed E-state index contributed by atoms with van der Waals surface area (Å²) >= 11 is 0. The van der Waals surface area contributed by atoms with Crippen LogP contribution in [-0.4, -0.2) is 29.8 Å². The number of benzene rings is 2. The minimum absolute atomic E-state index is 0.105. The monoisotopic (exact) mass is 268 g/mol. The highest BCUT2D eigenvalue weighted by Crippen LogP contribution is 2.22. The second kappa shape index (κ2) is 4.96. The first kappa shape index (κ1) is 12.7. The number of likely N-dealkylation sites (N-methyl/N-ethyl adjacent to an activating group) is 1. The van der Waals surface area contributed by atoms with Crippen LogP contribution in [0.4, 0.5) is 5.69 Å². The van der Waals surface area contributed by atoms with E-state index in [1.807, 2.05) is 36.4 Å². The predicted molar refractivity (Wildman–Crippen MR) is 78.4 cm³/mol. The van der Waals surface area contributed by atoms with E-state index in [4.69, 9.17) is 0 Å². The number of anilines is 1. The molecule has 0 bridgehead atoms. The zero-order chi connectivity index (χ0) is 14.1. The number of nitrogens with one attached hydrogen (secondary N) is 1. The maximum Gasteiger partial charge on any atom is 0.251 e. The molecule has 4 heteroatoms. The summed E-state index contributed by atoms with van der Waals surface area (Å²) in [7, 11) is 1.54. The molecule has 2 aromatic carbocycles. The normalized spacial score (nSPS) is 19.4. The molecule has 4 nitrogen and oxygen atoms in total. The summed E-state index contributed by atoms with van der Waals surface area (Å²) in [4.78, 5) is 24.7. The van der Waals surface area contributed by atoms with Crippen molar-refractivity contribution in [3.05, 3.63) is 42.5 Å². The van der Waals surface area contributed by atoms with E-state index in [9.17, 15) is 9.59 Å². The Bertz CT molecular complexity index is 681. The number of piperidine rings is 1. The Balaban J connectivity index is 1.82. The highest BCUT2D eigenvalue weighted by molar-refractivity contribution is 6.01. The molecule has 1 N–H and O–H groups in total. The molecule has 2 amide bonds. The molecule has 3 rings (SSSR count). The van der Waals surface area contributed by atoms with Gasteiger partial charge >= 0.3 is 0 Å². The zero-order valence-corrected chi connectivity index (χ0v) is 11.3. The van der Waals surface area contributed by atoms with Crippen molar-refractivity contribution in [2.75, 3.05) is 12.4 Å². The quantitative estimate of drug-likeness (QED) is 0.851. The Morgan fingerprint density at radius 1 is 1.10 bits per heavy atom. The minimum atomic E-state index is -0.320. The van der Waals surface area contributed by atoms with E-state index in [0.29, 0.717) is 12.8 Å². The molecular formula is C16H16N2O2. The van der Waals surface area contributed by atoms with Crippen molar-refractivity contribution in [3.63, 3.8) is 0 Å². The van der Waals surface area contributed by atoms with Crippen molar-refractivity contribution in [2.24, 2.45) is 0 Å². The Morgan fingerprint density at radius 3 is 2.65 bits per heavy atom. The van der Waals surface area contributed by atoms with Crippen molar-refractivity contribution in [1.29, 1.82) is 0 Å². The molecule has 2 aromatic rings. The summed E-state index contributed by atoms with van der Waals surface area (Å²) < 4.78 is 0. The summed E-state index contributed by atoms with van der Waals surface area (Å²) in [6, 6.07) is 13.8. The number of rotatable bonds is 2.